The van der Waals surface area contributed by atoms with Gasteiger partial charge in [-0.2, -0.15) is 10.5 Å². The van der Waals surface area contributed by atoms with Gasteiger partial charge in [0.05, 0.1) is 17.7 Å². The third kappa shape index (κ3) is 7.75. The zero-order chi connectivity index (χ0) is 29.2. The van der Waals surface area contributed by atoms with Crippen LogP contribution in [-0.4, -0.2) is 47.8 Å². The van der Waals surface area contributed by atoms with Crippen LogP contribution >= 0.6 is 34.7 Å². The smallest absolute Gasteiger partial charge is 0.304 e. The topological polar surface area (TPSA) is 144 Å². The third-order valence-corrected chi connectivity index (χ3v) is 8.03. The summed E-state index contributed by atoms with van der Waals surface area (Å²) in [5, 5.41) is 38.9. The lowest BCUT2D eigenvalue weighted by molar-refractivity contribution is -0.136. The van der Waals surface area contributed by atoms with Crippen molar-refractivity contribution in [2.45, 2.75) is 17.2 Å². The molecule has 0 spiro atoms. The highest BCUT2D eigenvalue weighted by Crippen LogP contribution is 2.38. The van der Waals surface area contributed by atoms with Crippen molar-refractivity contribution in [3.63, 3.8) is 0 Å². The number of carboxylic acid groups (broad SMARTS) is 1. The number of hydrogen-bond donors (Lipinski definition) is 3. The van der Waals surface area contributed by atoms with E-state index in [1.54, 1.807) is 31.3 Å². The molecule has 41 heavy (non-hydrogen) atoms. The van der Waals surface area contributed by atoms with E-state index in [0.717, 1.165) is 16.3 Å². The lowest BCUT2D eigenvalue weighted by atomic mass is 9.96. The summed E-state index contributed by atoms with van der Waals surface area (Å²) in [6.45, 7) is 1.23. The van der Waals surface area contributed by atoms with Gasteiger partial charge in [0.25, 0.3) is 0 Å². The Balaban J connectivity index is 1.53. The number of hydrogen-bond acceptors (Lipinski definition) is 10. The Kier molecular flexibility index (Phi) is 10.5. The molecule has 2 heterocycles. The zero-order valence-electron chi connectivity index (χ0n) is 22.0. The molecule has 0 bridgehead atoms. The predicted octanol–water partition coefficient (Wildman–Crippen LogP) is 6.05. The van der Waals surface area contributed by atoms with Crippen LogP contribution in [0.2, 0.25) is 5.02 Å². The summed E-state index contributed by atoms with van der Waals surface area (Å²) in [6, 6.07) is 19.1. The van der Waals surface area contributed by atoms with Gasteiger partial charge in [0, 0.05) is 47.4 Å². The van der Waals surface area contributed by atoms with Gasteiger partial charge in [-0.1, -0.05) is 47.6 Å². The standard InChI is InChI=1S/C29H25ClN6O3S2/c1-33-27-23(14-31)26(18-4-8-22(9-5-18)39-13-12-34-11-10-25(37)38)24(15-32)29(36-27)41-17-21-16-40-28(35-21)19-2-6-20(30)7-3-19/h2-9,16,34H,10-13,17H2,1H3,(H,33,36)(H,37,38). The first-order chi connectivity index (χ1) is 19.9. The monoisotopic (exact) mass is 604 g/mol. The normalized spacial score (nSPS) is 10.5. The van der Waals surface area contributed by atoms with Crippen molar-refractivity contribution in [3.05, 3.63) is 75.8 Å². The number of thiazole rings is 1. The van der Waals surface area contributed by atoms with E-state index in [1.807, 2.05) is 29.6 Å². The fourth-order valence-electron chi connectivity index (χ4n) is 3.87. The molecule has 0 radical (unpaired) electrons. The number of carboxylic acids is 1. The van der Waals surface area contributed by atoms with Crippen LogP contribution in [0.25, 0.3) is 21.7 Å². The first kappa shape index (κ1) is 29.8. The Morgan fingerprint density at radius 3 is 2.41 bits per heavy atom. The Hall–Kier alpha value is -4.13. The molecular formula is C29H25ClN6O3S2. The number of halogens is 1. The molecule has 0 atom stereocenters. The van der Waals surface area contributed by atoms with E-state index in [4.69, 9.17) is 26.4 Å². The van der Waals surface area contributed by atoms with Gasteiger partial charge in [0.1, 0.15) is 45.9 Å². The van der Waals surface area contributed by atoms with Crippen LogP contribution < -0.4 is 15.4 Å². The molecule has 2 aromatic carbocycles. The van der Waals surface area contributed by atoms with Crippen molar-refractivity contribution >= 4 is 46.5 Å². The van der Waals surface area contributed by atoms with Crippen molar-refractivity contribution in [2.24, 2.45) is 0 Å². The van der Waals surface area contributed by atoms with Crippen LogP contribution in [0.5, 0.6) is 5.75 Å². The fraction of sp³-hybridized carbons (Fsp3) is 0.207. The van der Waals surface area contributed by atoms with Gasteiger partial charge >= 0.3 is 5.97 Å². The number of nitrogens with one attached hydrogen (secondary N) is 2. The second-order valence-corrected chi connectivity index (χ2v) is 10.8. The number of pyridine rings is 1. The highest BCUT2D eigenvalue weighted by atomic mass is 35.5. The van der Waals surface area contributed by atoms with E-state index in [9.17, 15) is 15.3 Å². The average molecular weight is 605 g/mol. The minimum absolute atomic E-state index is 0.0478. The van der Waals surface area contributed by atoms with E-state index >= 15 is 0 Å². The molecule has 208 valence electrons. The van der Waals surface area contributed by atoms with Gasteiger partial charge in [-0.25, -0.2) is 9.97 Å². The van der Waals surface area contributed by atoms with E-state index < -0.39 is 5.97 Å². The second kappa shape index (κ2) is 14.5. The minimum Gasteiger partial charge on any atom is -0.492 e. The molecule has 4 rings (SSSR count). The van der Waals surface area contributed by atoms with Crippen LogP contribution in [0.15, 0.2) is 58.9 Å². The first-order valence-electron chi connectivity index (χ1n) is 12.5. The van der Waals surface area contributed by atoms with Crippen molar-refractivity contribution in [2.75, 3.05) is 32.1 Å². The molecule has 0 fully saturated rings. The Labute approximate surface area is 250 Å². The number of thioether (sulfide) groups is 1. The van der Waals surface area contributed by atoms with Gasteiger partial charge in [0.15, 0.2) is 0 Å². The molecule has 0 aliphatic carbocycles. The van der Waals surface area contributed by atoms with Gasteiger partial charge in [-0.3, -0.25) is 4.79 Å². The highest BCUT2D eigenvalue weighted by Gasteiger charge is 2.22. The zero-order valence-corrected chi connectivity index (χ0v) is 24.4. The molecule has 9 nitrogen and oxygen atoms in total. The van der Waals surface area contributed by atoms with Crippen molar-refractivity contribution in [1.82, 2.24) is 15.3 Å². The molecule has 2 aromatic heterocycles. The number of nitrogens with zero attached hydrogens (tertiary/aromatic N) is 4. The van der Waals surface area contributed by atoms with Crippen LogP contribution in [-0.2, 0) is 10.5 Å². The van der Waals surface area contributed by atoms with Crippen LogP contribution in [0.3, 0.4) is 0 Å². The molecule has 0 aliphatic heterocycles. The van der Waals surface area contributed by atoms with Crippen molar-refractivity contribution < 1.29 is 14.6 Å². The van der Waals surface area contributed by atoms with Gasteiger partial charge in [0.2, 0.25) is 0 Å². The number of rotatable bonds is 13. The molecule has 0 saturated heterocycles. The molecule has 12 heteroatoms. The average Bonchev–Trinajstić information content (AvgIpc) is 3.46. The summed E-state index contributed by atoms with van der Waals surface area (Å²) < 4.78 is 5.73. The quantitative estimate of drug-likeness (QED) is 0.122. The maximum absolute atomic E-state index is 10.6. The number of nitriles is 2. The fourth-order valence-corrected chi connectivity index (χ4v) is 5.81. The number of aliphatic carboxylic acids is 1. The summed E-state index contributed by atoms with van der Waals surface area (Å²) in [6.07, 6.45) is 0.0478. The van der Waals surface area contributed by atoms with Crippen LogP contribution in [0.4, 0.5) is 5.82 Å². The molecule has 4 aromatic rings. The van der Waals surface area contributed by atoms with Crippen LogP contribution in [0.1, 0.15) is 23.2 Å². The largest absolute Gasteiger partial charge is 0.492 e. The Bertz CT molecular complexity index is 1600. The van der Waals surface area contributed by atoms with E-state index in [1.165, 1.54) is 23.1 Å². The SMILES string of the molecule is CNc1nc(SCc2csc(-c3ccc(Cl)cc3)n2)c(C#N)c(-c2ccc(OCCNCCC(=O)O)cc2)c1C#N. The summed E-state index contributed by atoms with van der Waals surface area (Å²) in [4.78, 5) is 19.9. The Morgan fingerprint density at radius 1 is 1.05 bits per heavy atom. The predicted molar refractivity (Wildman–Crippen MR) is 161 cm³/mol. The summed E-state index contributed by atoms with van der Waals surface area (Å²) in [5.41, 5.74) is 3.61. The number of ether oxygens (including phenoxy) is 1. The maximum atomic E-state index is 10.6. The molecule has 0 unspecified atom stereocenters. The third-order valence-electron chi connectivity index (χ3n) is 5.83. The number of anilines is 1. The molecule has 0 aliphatic rings. The molecule has 3 N–H and O–H groups in total. The van der Waals surface area contributed by atoms with Gasteiger partial charge in [-0.05, 0) is 29.8 Å². The number of carbonyl (C=O) groups is 1. The number of benzene rings is 2. The second-order valence-electron chi connectivity index (χ2n) is 8.57. The van der Waals surface area contributed by atoms with Crippen molar-refractivity contribution in [3.8, 4) is 39.6 Å². The highest BCUT2D eigenvalue weighted by molar-refractivity contribution is 7.98. The maximum Gasteiger partial charge on any atom is 0.304 e. The summed E-state index contributed by atoms with van der Waals surface area (Å²) in [7, 11) is 1.69. The minimum atomic E-state index is -0.854. The molecule has 0 saturated carbocycles. The molecular weight excluding hydrogens is 580 g/mol. The first-order valence-corrected chi connectivity index (χ1v) is 14.7. The van der Waals surface area contributed by atoms with Crippen molar-refractivity contribution in [1.29, 1.82) is 10.5 Å². The lowest BCUT2D eigenvalue weighted by Crippen LogP contribution is -2.23. The summed E-state index contributed by atoms with van der Waals surface area (Å²) >= 11 is 8.92. The molecule has 0 amide bonds. The van der Waals surface area contributed by atoms with E-state index in [-0.39, 0.29) is 12.0 Å². The van der Waals surface area contributed by atoms with E-state index in [2.05, 4.69) is 27.8 Å². The lowest BCUT2D eigenvalue weighted by Gasteiger charge is -2.15. The van der Waals surface area contributed by atoms with Gasteiger partial charge < -0.3 is 20.5 Å². The van der Waals surface area contributed by atoms with E-state index in [0.29, 0.717) is 63.8 Å². The number of aromatic nitrogens is 2. The summed E-state index contributed by atoms with van der Waals surface area (Å²) in [5.74, 6) is 0.640. The van der Waals surface area contributed by atoms with Crippen LogP contribution in [0, 0.1) is 22.7 Å². The van der Waals surface area contributed by atoms with Gasteiger partial charge in [-0.15, -0.1) is 11.3 Å². The Morgan fingerprint density at radius 2 is 1.76 bits per heavy atom.